The number of nitrogens with zero attached hydrogens (tertiary/aromatic N) is 1. The van der Waals surface area contributed by atoms with Crippen LogP contribution in [0, 0.1) is 5.82 Å². The predicted molar refractivity (Wildman–Crippen MR) is 67.2 cm³/mol. The number of hydrogen-bond acceptors (Lipinski definition) is 4. The van der Waals surface area contributed by atoms with Crippen LogP contribution in [0.4, 0.5) is 4.39 Å². The van der Waals surface area contributed by atoms with Crippen LogP contribution in [-0.2, 0) is 6.61 Å². The highest BCUT2D eigenvalue weighted by atomic mass is 79.9. The largest absolute Gasteiger partial charge is 0.431 e. The van der Waals surface area contributed by atoms with E-state index < -0.39 is 0 Å². The van der Waals surface area contributed by atoms with E-state index in [-0.39, 0.29) is 17.6 Å². The van der Waals surface area contributed by atoms with Gasteiger partial charge in [-0.15, -0.1) is 0 Å². The van der Waals surface area contributed by atoms with Crippen LogP contribution in [0.2, 0.25) is 5.15 Å². The molecule has 0 saturated heterocycles. The van der Waals surface area contributed by atoms with Crippen LogP contribution >= 0.6 is 38.9 Å². The Morgan fingerprint density at radius 1 is 1.53 bits per heavy atom. The first kappa shape index (κ1) is 12.8. The normalized spacial score (nSPS) is 10.6. The van der Waals surface area contributed by atoms with E-state index >= 15 is 0 Å². The molecule has 0 bridgehead atoms. The first-order chi connectivity index (χ1) is 8.10. The van der Waals surface area contributed by atoms with Crippen molar-refractivity contribution in [3.05, 3.63) is 38.5 Å². The molecule has 2 aromatic rings. The van der Waals surface area contributed by atoms with Gasteiger partial charge in [0, 0.05) is 0 Å². The minimum Gasteiger partial charge on any atom is -0.431 e. The first-order valence-corrected chi connectivity index (χ1v) is 6.48. The van der Waals surface area contributed by atoms with Gasteiger partial charge >= 0.3 is 0 Å². The zero-order chi connectivity index (χ0) is 12.4. The molecule has 3 nitrogen and oxygen atoms in total. The Hall–Kier alpha value is -0.690. The number of ether oxygens (including phenoxy) is 1. The van der Waals surface area contributed by atoms with Gasteiger partial charge < -0.3 is 9.84 Å². The number of benzene rings is 1. The molecule has 90 valence electrons. The monoisotopic (exact) mass is 337 g/mol. The third-order valence-corrected chi connectivity index (χ3v) is 3.82. The lowest BCUT2D eigenvalue weighted by Gasteiger charge is -2.02. The molecule has 0 fully saturated rings. The van der Waals surface area contributed by atoms with Crippen LogP contribution in [-0.4, -0.2) is 10.1 Å². The third kappa shape index (κ3) is 2.95. The third-order valence-electron chi connectivity index (χ3n) is 1.87. The Morgan fingerprint density at radius 3 is 2.88 bits per heavy atom. The molecule has 0 radical (unpaired) electrons. The van der Waals surface area contributed by atoms with Crippen molar-refractivity contribution in [2.24, 2.45) is 0 Å². The summed E-state index contributed by atoms with van der Waals surface area (Å²) in [6.07, 6.45) is 0. The van der Waals surface area contributed by atoms with E-state index in [4.69, 9.17) is 21.4 Å². The van der Waals surface area contributed by atoms with E-state index in [0.29, 0.717) is 20.3 Å². The highest BCUT2D eigenvalue weighted by Crippen LogP contribution is 2.33. The average molecular weight is 339 g/mol. The summed E-state index contributed by atoms with van der Waals surface area (Å²) in [5, 5.41) is 9.47. The van der Waals surface area contributed by atoms with E-state index in [0.717, 1.165) is 11.3 Å². The fourth-order valence-corrected chi connectivity index (χ4v) is 2.44. The molecule has 7 heteroatoms. The molecular weight excluding hydrogens is 333 g/mol. The second-order valence-corrected chi connectivity index (χ2v) is 5.29. The second-order valence-electron chi connectivity index (χ2n) is 3.03. The molecule has 1 heterocycles. The lowest BCUT2D eigenvalue weighted by molar-refractivity contribution is 0.285. The van der Waals surface area contributed by atoms with Crippen LogP contribution in [0.15, 0.2) is 22.7 Å². The van der Waals surface area contributed by atoms with Crippen LogP contribution < -0.4 is 4.74 Å². The van der Waals surface area contributed by atoms with Crippen LogP contribution in [0.3, 0.4) is 0 Å². The van der Waals surface area contributed by atoms with E-state index in [9.17, 15) is 4.39 Å². The van der Waals surface area contributed by atoms with Gasteiger partial charge in [-0.1, -0.05) is 22.9 Å². The van der Waals surface area contributed by atoms with Crippen molar-refractivity contribution >= 4 is 38.9 Å². The van der Waals surface area contributed by atoms with E-state index in [2.05, 4.69) is 20.9 Å². The summed E-state index contributed by atoms with van der Waals surface area (Å²) in [5.41, 5.74) is 0. The van der Waals surface area contributed by atoms with Crippen molar-refractivity contribution in [3.8, 4) is 10.9 Å². The molecule has 17 heavy (non-hydrogen) atoms. The lowest BCUT2D eigenvalue weighted by Crippen LogP contribution is -1.84. The van der Waals surface area contributed by atoms with Gasteiger partial charge in [-0.25, -0.2) is 4.39 Å². The maximum absolute atomic E-state index is 13.0. The number of thiazole rings is 1. The van der Waals surface area contributed by atoms with Gasteiger partial charge in [0.25, 0.3) is 5.19 Å². The summed E-state index contributed by atoms with van der Waals surface area (Å²) in [6.45, 7) is -0.188. The summed E-state index contributed by atoms with van der Waals surface area (Å²) in [4.78, 5) is 4.45. The fourth-order valence-electron chi connectivity index (χ4n) is 1.10. The number of aromatic nitrogens is 1. The number of rotatable bonds is 3. The minimum absolute atomic E-state index is 0.188. The summed E-state index contributed by atoms with van der Waals surface area (Å²) < 4.78 is 18.7. The van der Waals surface area contributed by atoms with E-state index in [1.54, 1.807) is 0 Å². The van der Waals surface area contributed by atoms with Gasteiger partial charge in [0.1, 0.15) is 16.7 Å². The van der Waals surface area contributed by atoms with Gasteiger partial charge in [0.15, 0.2) is 0 Å². The molecule has 0 atom stereocenters. The fraction of sp³-hybridized carbons (Fsp3) is 0.100. The van der Waals surface area contributed by atoms with Gasteiger partial charge in [-0.3, -0.25) is 0 Å². The van der Waals surface area contributed by atoms with Gasteiger partial charge in [0.05, 0.1) is 16.0 Å². The van der Waals surface area contributed by atoms with Gasteiger partial charge in [0.2, 0.25) is 0 Å². The zero-order valence-electron chi connectivity index (χ0n) is 8.28. The molecule has 0 amide bonds. The van der Waals surface area contributed by atoms with E-state index in [1.807, 2.05) is 0 Å². The number of hydrogen-bond donors (Lipinski definition) is 1. The van der Waals surface area contributed by atoms with Crippen molar-refractivity contribution in [2.45, 2.75) is 6.61 Å². The van der Waals surface area contributed by atoms with Crippen LogP contribution in [0.1, 0.15) is 4.88 Å². The molecule has 1 N–H and O–H groups in total. The summed E-state index contributed by atoms with van der Waals surface area (Å²) in [6, 6.07) is 4.25. The van der Waals surface area contributed by atoms with Gasteiger partial charge in [-0.05, 0) is 34.1 Å². The SMILES string of the molecule is OCc1sc(Oc2ccc(F)c(Br)c2)nc1Cl. The Labute approximate surface area is 114 Å². The highest BCUT2D eigenvalue weighted by molar-refractivity contribution is 9.10. The first-order valence-electron chi connectivity index (χ1n) is 4.49. The molecular formula is C10H6BrClFNO2S. The minimum atomic E-state index is -0.370. The van der Waals surface area contributed by atoms with Crippen LogP contribution in [0.5, 0.6) is 10.9 Å². The number of aliphatic hydroxyl groups is 1. The summed E-state index contributed by atoms with van der Waals surface area (Å²) in [5.74, 6) is 0.0683. The topological polar surface area (TPSA) is 42.4 Å². The summed E-state index contributed by atoms with van der Waals surface area (Å²) >= 11 is 9.95. The van der Waals surface area contributed by atoms with Crippen molar-refractivity contribution in [3.63, 3.8) is 0 Å². The van der Waals surface area contributed by atoms with Crippen LogP contribution in [0.25, 0.3) is 0 Å². The zero-order valence-corrected chi connectivity index (χ0v) is 11.4. The maximum Gasteiger partial charge on any atom is 0.280 e. The Morgan fingerprint density at radius 2 is 2.29 bits per heavy atom. The quantitative estimate of drug-likeness (QED) is 0.920. The standard InChI is InChI=1S/C10H6BrClFNO2S/c11-6-3-5(1-2-7(6)13)16-10-14-9(12)8(4-15)17-10/h1-3,15H,4H2. The second kappa shape index (κ2) is 5.30. The predicted octanol–water partition coefficient (Wildman–Crippen LogP) is 3.98. The highest BCUT2D eigenvalue weighted by Gasteiger charge is 2.10. The molecule has 0 saturated carbocycles. The van der Waals surface area contributed by atoms with E-state index in [1.165, 1.54) is 18.2 Å². The number of aliphatic hydroxyl groups excluding tert-OH is 1. The Kier molecular flexibility index (Phi) is 3.98. The van der Waals surface area contributed by atoms with Crippen molar-refractivity contribution < 1.29 is 14.2 Å². The lowest BCUT2D eigenvalue weighted by atomic mass is 10.3. The molecule has 1 aromatic heterocycles. The molecule has 0 unspecified atom stereocenters. The summed E-state index contributed by atoms with van der Waals surface area (Å²) in [7, 11) is 0. The molecule has 0 aliphatic carbocycles. The molecule has 0 spiro atoms. The Balaban J connectivity index is 2.22. The molecule has 2 rings (SSSR count). The van der Waals surface area contributed by atoms with Gasteiger partial charge in [-0.2, -0.15) is 4.98 Å². The van der Waals surface area contributed by atoms with Crippen molar-refractivity contribution in [2.75, 3.05) is 0 Å². The molecule has 0 aliphatic heterocycles. The Bertz CT molecular complexity index is 549. The molecule has 1 aromatic carbocycles. The van der Waals surface area contributed by atoms with Crippen molar-refractivity contribution in [1.82, 2.24) is 4.98 Å². The molecule has 0 aliphatic rings. The number of halogens is 3. The van der Waals surface area contributed by atoms with Crippen molar-refractivity contribution in [1.29, 1.82) is 0 Å². The maximum atomic E-state index is 13.0. The smallest absolute Gasteiger partial charge is 0.280 e. The average Bonchev–Trinajstić information content (AvgIpc) is 2.64.